The van der Waals surface area contributed by atoms with E-state index in [1.165, 1.54) is 18.9 Å². The number of hydrogen-bond donors (Lipinski definition) is 1. The van der Waals surface area contributed by atoms with Crippen LogP contribution in [-0.2, 0) is 6.42 Å². The van der Waals surface area contributed by atoms with Crippen molar-refractivity contribution in [2.75, 3.05) is 13.1 Å². The van der Waals surface area contributed by atoms with Crippen molar-refractivity contribution < 1.29 is 4.39 Å². The van der Waals surface area contributed by atoms with Gasteiger partial charge in [-0.15, -0.1) is 0 Å². The van der Waals surface area contributed by atoms with Gasteiger partial charge in [0.15, 0.2) is 0 Å². The number of hydrogen-bond acceptors (Lipinski definition) is 2. The van der Waals surface area contributed by atoms with Gasteiger partial charge in [-0.2, -0.15) is 0 Å². The Balaban J connectivity index is 2.18. The van der Waals surface area contributed by atoms with E-state index in [4.69, 9.17) is 17.3 Å². The van der Waals surface area contributed by atoms with Gasteiger partial charge in [-0.1, -0.05) is 44.4 Å². The maximum atomic E-state index is 13.3. The molecule has 0 radical (unpaired) electrons. The molecule has 0 aliphatic heterocycles. The number of benzene rings is 1. The van der Waals surface area contributed by atoms with Gasteiger partial charge in [-0.25, -0.2) is 4.39 Å². The van der Waals surface area contributed by atoms with Crippen LogP contribution in [0.5, 0.6) is 0 Å². The highest BCUT2D eigenvalue weighted by atomic mass is 35.5. The van der Waals surface area contributed by atoms with Crippen molar-refractivity contribution in [2.45, 2.75) is 57.5 Å². The van der Waals surface area contributed by atoms with E-state index in [1.807, 2.05) is 0 Å². The minimum atomic E-state index is -0.367. The van der Waals surface area contributed by atoms with E-state index in [0.717, 1.165) is 37.9 Å². The molecule has 1 fully saturated rings. The topological polar surface area (TPSA) is 29.3 Å². The average molecular weight is 313 g/mol. The Bertz CT molecular complexity index is 468. The van der Waals surface area contributed by atoms with Crippen LogP contribution in [-0.4, -0.2) is 29.6 Å². The average Bonchev–Trinajstić information content (AvgIpc) is 2.95. The summed E-state index contributed by atoms with van der Waals surface area (Å²) in [5.41, 5.74) is 7.72. The van der Waals surface area contributed by atoms with Gasteiger partial charge in [-0.05, 0) is 50.0 Å². The SMILES string of the molecule is CCN(CC)C1(C(N)Cc2ccc(F)c(Cl)c2)CCCC1. The van der Waals surface area contributed by atoms with Crippen LogP contribution in [0.25, 0.3) is 0 Å². The van der Waals surface area contributed by atoms with Gasteiger partial charge in [-0.3, -0.25) is 4.90 Å². The van der Waals surface area contributed by atoms with Crippen molar-refractivity contribution in [2.24, 2.45) is 5.73 Å². The molecule has 0 amide bonds. The molecule has 21 heavy (non-hydrogen) atoms. The van der Waals surface area contributed by atoms with Gasteiger partial charge in [0.1, 0.15) is 5.82 Å². The first kappa shape index (κ1) is 16.7. The molecule has 1 saturated carbocycles. The van der Waals surface area contributed by atoms with Crippen LogP contribution in [0.1, 0.15) is 45.1 Å². The van der Waals surface area contributed by atoms with E-state index in [0.29, 0.717) is 0 Å². The van der Waals surface area contributed by atoms with Gasteiger partial charge >= 0.3 is 0 Å². The van der Waals surface area contributed by atoms with Gasteiger partial charge in [0.25, 0.3) is 0 Å². The number of nitrogens with two attached hydrogens (primary N) is 1. The Morgan fingerprint density at radius 2 is 1.90 bits per heavy atom. The lowest BCUT2D eigenvalue weighted by Crippen LogP contribution is -2.59. The van der Waals surface area contributed by atoms with Crippen molar-refractivity contribution >= 4 is 11.6 Å². The smallest absolute Gasteiger partial charge is 0.141 e. The Labute approximate surface area is 132 Å². The summed E-state index contributed by atoms with van der Waals surface area (Å²) < 4.78 is 13.3. The lowest BCUT2D eigenvalue weighted by atomic mass is 9.83. The molecule has 0 heterocycles. The second kappa shape index (κ2) is 7.08. The molecule has 0 bridgehead atoms. The first-order valence-corrected chi connectivity index (χ1v) is 8.36. The van der Waals surface area contributed by atoms with Gasteiger partial charge in [0.05, 0.1) is 5.02 Å². The van der Waals surface area contributed by atoms with Crippen molar-refractivity contribution in [3.8, 4) is 0 Å². The Kier molecular flexibility index (Phi) is 5.64. The van der Waals surface area contributed by atoms with E-state index < -0.39 is 0 Å². The minimum Gasteiger partial charge on any atom is -0.326 e. The zero-order valence-electron chi connectivity index (χ0n) is 13.0. The van der Waals surface area contributed by atoms with Gasteiger partial charge in [0.2, 0.25) is 0 Å². The first-order valence-electron chi connectivity index (χ1n) is 7.98. The molecule has 4 heteroatoms. The molecule has 118 valence electrons. The maximum Gasteiger partial charge on any atom is 0.141 e. The van der Waals surface area contributed by atoms with Crippen molar-refractivity contribution in [1.82, 2.24) is 4.90 Å². The molecule has 2 nitrogen and oxygen atoms in total. The molecular weight excluding hydrogens is 287 g/mol. The van der Waals surface area contributed by atoms with E-state index in [2.05, 4.69) is 18.7 Å². The van der Waals surface area contributed by atoms with Crippen LogP contribution >= 0.6 is 11.6 Å². The lowest BCUT2D eigenvalue weighted by Gasteiger charge is -2.45. The first-order chi connectivity index (χ1) is 10.0. The molecule has 0 spiro atoms. The Hall–Kier alpha value is -0.640. The molecule has 0 aromatic heterocycles. The summed E-state index contributed by atoms with van der Waals surface area (Å²) in [7, 11) is 0. The van der Waals surface area contributed by atoms with Crippen molar-refractivity contribution in [1.29, 1.82) is 0 Å². The fourth-order valence-corrected chi connectivity index (χ4v) is 4.08. The van der Waals surface area contributed by atoms with E-state index in [-0.39, 0.29) is 22.4 Å². The predicted octanol–water partition coefficient (Wildman–Crippen LogP) is 4.00. The van der Waals surface area contributed by atoms with E-state index in [1.54, 1.807) is 12.1 Å². The van der Waals surface area contributed by atoms with Crippen molar-refractivity contribution in [3.05, 3.63) is 34.6 Å². The fourth-order valence-electron chi connectivity index (χ4n) is 3.87. The summed E-state index contributed by atoms with van der Waals surface area (Å²) in [4.78, 5) is 2.51. The van der Waals surface area contributed by atoms with Gasteiger partial charge < -0.3 is 5.73 Å². The molecule has 1 atom stereocenters. The van der Waals surface area contributed by atoms with Crippen LogP contribution in [0.15, 0.2) is 18.2 Å². The van der Waals surface area contributed by atoms with Crippen LogP contribution in [0, 0.1) is 5.82 Å². The molecule has 1 aliphatic rings. The molecule has 1 unspecified atom stereocenters. The van der Waals surface area contributed by atoms with E-state index >= 15 is 0 Å². The number of nitrogens with zero attached hydrogens (tertiary/aromatic N) is 1. The highest BCUT2D eigenvalue weighted by Gasteiger charge is 2.43. The van der Waals surface area contributed by atoms with Crippen LogP contribution < -0.4 is 5.73 Å². The van der Waals surface area contributed by atoms with E-state index in [9.17, 15) is 4.39 Å². The number of halogens is 2. The summed E-state index contributed by atoms with van der Waals surface area (Å²) in [6.45, 7) is 6.44. The van der Waals surface area contributed by atoms with Crippen LogP contribution in [0.2, 0.25) is 5.02 Å². The second-order valence-electron chi connectivity index (χ2n) is 6.04. The zero-order chi connectivity index (χ0) is 15.5. The number of likely N-dealkylation sites (N-methyl/N-ethyl adjacent to an activating group) is 1. The number of rotatable bonds is 6. The summed E-state index contributed by atoms with van der Waals surface area (Å²) >= 11 is 5.88. The maximum absolute atomic E-state index is 13.3. The lowest BCUT2D eigenvalue weighted by molar-refractivity contribution is 0.0772. The molecule has 0 saturated heterocycles. The molecule has 2 rings (SSSR count). The third-order valence-electron chi connectivity index (χ3n) is 4.99. The summed E-state index contributed by atoms with van der Waals surface area (Å²) in [6, 6.07) is 5.00. The van der Waals surface area contributed by atoms with Crippen LogP contribution in [0.4, 0.5) is 4.39 Å². The standard InChI is InChI=1S/C17H26ClFN2/c1-3-21(4-2)17(9-5-6-10-17)16(20)12-13-7-8-15(19)14(18)11-13/h7-8,11,16H,3-6,9-10,12,20H2,1-2H3. The molecule has 1 aromatic rings. The molecule has 1 aromatic carbocycles. The summed E-state index contributed by atoms with van der Waals surface area (Å²) in [6.07, 6.45) is 5.55. The summed E-state index contributed by atoms with van der Waals surface area (Å²) in [5.74, 6) is -0.367. The van der Waals surface area contributed by atoms with Gasteiger partial charge in [0, 0.05) is 11.6 Å². The fraction of sp³-hybridized carbons (Fsp3) is 0.647. The Morgan fingerprint density at radius 3 is 2.43 bits per heavy atom. The summed E-state index contributed by atoms with van der Waals surface area (Å²) in [5, 5.41) is 0.183. The zero-order valence-corrected chi connectivity index (χ0v) is 13.8. The normalized spacial score (nSPS) is 19.1. The molecular formula is C17H26ClFN2. The monoisotopic (exact) mass is 312 g/mol. The highest BCUT2D eigenvalue weighted by Crippen LogP contribution is 2.38. The van der Waals surface area contributed by atoms with Crippen LogP contribution in [0.3, 0.4) is 0 Å². The quantitative estimate of drug-likeness (QED) is 0.860. The highest BCUT2D eigenvalue weighted by molar-refractivity contribution is 6.30. The van der Waals surface area contributed by atoms with Crippen molar-refractivity contribution in [3.63, 3.8) is 0 Å². The molecule has 1 aliphatic carbocycles. The Morgan fingerprint density at radius 1 is 1.29 bits per heavy atom. The predicted molar refractivity (Wildman–Crippen MR) is 87.2 cm³/mol. The molecule has 2 N–H and O–H groups in total. The largest absolute Gasteiger partial charge is 0.326 e. The second-order valence-corrected chi connectivity index (χ2v) is 6.45. The third-order valence-corrected chi connectivity index (χ3v) is 5.28. The third kappa shape index (κ3) is 3.41. The minimum absolute atomic E-state index is 0.0569.